The van der Waals surface area contributed by atoms with E-state index in [0.29, 0.717) is 17.9 Å². The number of aromatic nitrogens is 1. The predicted molar refractivity (Wildman–Crippen MR) is 95.6 cm³/mol. The third kappa shape index (κ3) is 5.31. The van der Waals surface area contributed by atoms with Crippen LogP contribution in [0, 0.1) is 0 Å². The lowest BCUT2D eigenvalue weighted by Crippen LogP contribution is -2.40. The molecule has 132 valence electrons. The minimum absolute atomic E-state index is 0.191. The molecule has 2 N–H and O–H groups in total. The van der Waals surface area contributed by atoms with Crippen molar-refractivity contribution >= 4 is 11.8 Å². The number of amides is 2. The Kier molecular flexibility index (Phi) is 5.75. The zero-order chi connectivity index (χ0) is 18.4. The Bertz CT molecular complexity index is 767. The Morgan fingerprint density at radius 3 is 2.52 bits per heavy atom. The highest BCUT2D eigenvalue weighted by molar-refractivity contribution is 5.98. The summed E-state index contributed by atoms with van der Waals surface area (Å²) in [6.45, 7) is 6.00. The van der Waals surface area contributed by atoms with Gasteiger partial charge in [0.05, 0.1) is 7.11 Å². The first-order valence-corrected chi connectivity index (χ1v) is 7.99. The van der Waals surface area contributed by atoms with Gasteiger partial charge in [-0.05, 0) is 39.0 Å². The number of para-hydroxylation sites is 1. The van der Waals surface area contributed by atoms with Crippen LogP contribution in [-0.4, -0.2) is 29.4 Å². The van der Waals surface area contributed by atoms with Crippen LogP contribution < -0.4 is 15.4 Å². The molecule has 2 rings (SSSR count). The van der Waals surface area contributed by atoms with Gasteiger partial charge in [-0.15, -0.1) is 0 Å². The molecule has 0 aliphatic rings. The summed E-state index contributed by atoms with van der Waals surface area (Å²) in [6, 6.07) is 10.5. The van der Waals surface area contributed by atoms with Crippen molar-refractivity contribution in [1.82, 2.24) is 15.6 Å². The van der Waals surface area contributed by atoms with E-state index in [1.165, 1.54) is 12.3 Å². The Labute approximate surface area is 147 Å². The van der Waals surface area contributed by atoms with E-state index in [-0.39, 0.29) is 23.0 Å². The van der Waals surface area contributed by atoms with Gasteiger partial charge in [-0.3, -0.25) is 14.6 Å². The fourth-order valence-corrected chi connectivity index (χ4v) is 2.22. The molecule has 25 heavy (non-hydrogen) atoms. The molecule has 0 saturated heterocycles. The number of ether oxygens (including phenoxy) is 1. The lowest BCUT2D eigenvalue weighted by atomic mass is 10.1. The molecule has 1 aromatic heterocycles. The third-order valence-corrected chi connectivity index (χ3v) is 3.38. The Morgan fingerprint density at radius 2 is 1.84 bits per heavy atom. The monoisotopic (exact) mass is 341 g/mol. The normalized spacial score (nSPS) is 10.9. The molecule has 1 aromatic carbocycles. The van der Waals surface area contributed by atoms with Crippen LogP contribution in [0.25, 0.3) is 0 Å². The topological polar surface area (TPSA) is 80.3 Å². The van der Waals surface area contributed by atoms with Crippen molar-refractivity contribution in [2.24, 2.45) is 0 Å². The van der Waals surface area contributed by atoms with Gasteiger partial charge in [0.2, 0.25) is 0 Å². The van der Waals surface area contributed by atoms with Gasteiger partial charge in [-0.1, -0.05) is 18.2 Å². The van der Waals surface area contributed by atoms with E-state index in [4.69, 9.17) is 4.74 Å². The second kappa shape index (κ2) is 7.79. The number of carbonyl (C=O) groups is 2. The van der Waals surface area contributed by atoms with E-state index in [2.05, 4.69) is 15.6 Å². The molecule has 1 heterocycles. The molecule has 0 aliphatic carbocycles. The molecule has 0 unspecified atom stereocenters. The summed E-state index contributed by atoms with van der Waals surface area (Å²) in [4.78, 5) is 28.6. The van der Waals surface area contributed by atoms with Crippen molar-refractivity contribution in [2.75, 3.05) is 7.11 Å². The summed E-state index contributed by atoms with van der Waals surface area (Å²) in [6.07, 6.45) is 1.45. The summed E-state index contributed by atoms with van der Waals surface area (Å²) >= 11 is 0. The maximum atomic E-state index is 12.3. The lowest BCUT2D eigenvalue weighted by molar-refractivity contribution is 0.0919. The maximum absolute atomic E-state index is 12.3. The SMILES string of the molecule is COc1ccccc1CNC(=O)c1cc(C(=O)NC(C)(C)C)ccn1. The molecule has 6 heteroatoms. The summed E-state index contributed by atoms with van der Waals surface area (Å²) < 4.78 is 5.26. The molecule has 2 amide bonds. The third-order valence-electron chi connectivity index (χ3n) is 3.38. The Hall–Kier alpha value is -2.89. The number of nitrogens with zero attached hydrogens (tertiary/aromatic N) is 1. The van der Waals surface area contributed by atoms with Crippen LogP contribution in [0.4, 0.5) is 0 Å². The van der Waals surface area contributed by atoms with E-state index >= 15 is 0 Å². The van der Waals surface area contributed by atoms with Crippen LogP contribution >= 0.6 is 0 Å². The standard InChI is InChI=1S/C19H23N3O3/c1-19(2,3)22-17(23)13-9-10-20-15(11-13)18(24)21-12-14-7-5-6-8-16(14)25-4/h5-11H,12H2,1-4H3,(H,21,24)(H,22,23). The minimum Gasteiger partial charge on any atom is -0.496 e. The first-order chi connectivity index (χ1) is 11.8. The van der Waals surface area contributed by atoms with Crippen molar-refractivity contribution < 1.29 is 14.3 Å². The smallest absolute Gasteiger partial charge is 0.270 e. The number of rotatable bonds is 5. The Morgan fingerprint density at radius 1 is 1.12 bits per heavy atom. The highest BCUT2D eigenvalue weighted by Crippen LogP contribution is 2.16. The van der Waals surface area contributed by atoms with E-state index in [0.717, 1.165) is 5.56 Å². The molecule has 0 radical (unpaired) electrons. The van der Waals surface area contributed by atoms with Crippen LogP contribution in [-0.2, 0) is 6.54 Å². The molecule has 6 nitrogen and oxygen atoms in total. The number of benzene rings is 1. The second-order valence-corrected chi connectivity index (χ2v) is 6.63. The van der Waals surface area contributed by atoms with Crippen molar-refractivity contribution in [3.8, 4) is 5.75 Å². The van der Waals surface area contributed by atoms with Gasteiger partial charge in [0.25, 0.3) is 11.8 Å². The quantitative estimate of drug-likeness (QED) is 0.876. The number of hydrogen-bond acceptors (Lipinski definition) is 4. The molecule has 0 fully saturated rings. The fourth-order valence-electron chi connectivity index (χ4n) is 2.22. The van der Waals surface area contributed by atoms with Crippen molar-refractivity contribution in [1.29, 1.82) is 0 Å². The molecule has 0 aliphatic heterocycles. The first-order valence-electron chi connectivity index (χ1n) is 7.99. The van der Waals surface area contributed by atoms with Crippen molar-refractivity contribution in [3.05, 3.63) is 59.4 Å². The van der Waals surface area contributed by atoms with Crippen LogP contribution in [0.3, 0.4) is 0 Å². The molecular weight excluding hydrogens is 318 g/mol. The minimum atomic E-state index is -0.355. The van der Waals surface area contributed by atoms with E-state index in [1.54, 1.807) is 13.2 Å². The molecular formula is C19H23N3O3. The average molecular weight is 341 g/mol. The van der Waals surface area contributed by atoms with Crippen molar-refractivity contribution in [3.63, 3.8) is 0 Å². The van der Waals surface area contributed by atoms with E-state index < -0.39 is 0 Å². The summed E-state index contributed by atoms with van der Waals surface area (Å²) in [5.41, 5.74) is 1.09. The second-order valence-electron chi connectivity index (χ2n) is 6.63. The van der Waals surface area contributed by atoms with Gasteiger partial charge in [0.15, 0.2) is 0 Å². The maximum Gasteiger partial charge on any atom is 0.270 e. The number of nitrogens with one attached hydrogen (secondary N) is 2. The highest BCUT2D eigenvalue weighted by Gasteiger charge is 2.17. The van der Waals surface area contributed by atoms with E-state index in [1.807, 2.05) is 45.0 Å². The molecule has 0 atom stereocenters. The van der Waals surface area contributed by atoms with Gasteiger partial charge < -0.3 is 15.4 Å². The largest absolute Gasteiger partial charge is 0.496 e. The number of pyridine rings is 1. The van der Waals surface area contributed by atoms with Crippen LogP contribution in [0.15, 0.2) is 42.6 Å². The van der Waals surface area contributed by atoms with Gasteiger partial charge in [-0.2, -0.15) is 0 Å². The summed E-state index contributed by atoms with van der Waals surface area (Å²) in [5.74, 6) is 0.110. The van der Waals surface area contributed by atoms with Gasteiger partial charge in [0, 0.05) is 29.4 Å². The molecule has 0 saturated carbocycles. The summed E-state index contributed by atoms with van der Waals surface area (Å²) in [5, 5.41) is 5.65. The van der Waals surface area contributed by atoms with Crippen LogP contribution in [0.2, 0.25) is 0 Å². The van der Waals surface area contributed by atoms with Gasteiger partial charge in [-0.25, -0.2) is 0 Å². The average Bonchev–Trinajstić information content (AvgIpc) is 2.58. The zero-order valence-corrected chi connectivity index (χ0v) is 14.9. The molecule has 2 aromatic rings. The first kappa shape index (κ1) is 18.4. The lowest BCUT2D eigenvalue weighted by Gasteiger charge is -2.20. The van der Waals surface area contributed by atoms with Crippen molar-refractivity contribution in [2.45, 2.75) is 32.9 Å². The Balaban J connectivity index is 2.07. The van der Waals surface area contributed by atoms with Gasteiger partial charge in [0.1, 0.15) is 11.4 Å². The fraction of sp³-hybridized carbons (Fsp3) is 0.316. The zero-order valence-electron chi connectivity index (χ0n) is 14.9. The number of methoxy groups -OCH3 is 1. The predicted octanol–water partition coefficient (Wildman–Crippen LogP) is 2.55. The molecule has 0 bridgehead atoms. The van der Waals surface area contributed by atoms with E-state index in [9.17, 15) is 9.59 Å². The van der Waals surface area contributed by atoms with Gasteiger partial charge >= 0.3 is 0 Å². The number of carbonyl (C=O) groups excluding carboxylic acids is 2. The number of hydrogen-bond donors (Lipinski definition) is 2. The van der Waals surface area contributed by atoms with Crippen LogP contribution in [0.5, 0.6) is 5.75 Å². The molecule has 0 spiro atoms. The van der Waals surface area contributed by atoms with Crippen LogP contribution in [0.1, 0.15) is 47.2 Å². The summed E-state index contributed by atoms with van der Waals surface area (Å²) in [7, 11) is 1.58. The highest BCUT2D eigenvalue weighted by atomic mass is 16.5.